The van der Waals surface area contributed by atoms with Gasteiger partial charge in [-0.1, -0.05) is 34.1 Å². The summed E-state index contributed by atoms with van der Waals surface area (Å²) < 4.78 is 1.15. The number of nitrogens with zero attached hydrogens (tertiary/aromatic N) is 1. The number of halogens is 1. The third kappa shape index (κ3) is 6.03. The number of hydrogen-bond donors (Lipinski definition) is 3. The molecule has 1 aromatic carbocycles. The van der Waals surface area contributed by atoms with Gasteiger partial charge in [0.2, 0.25) is 5.91 Å². The third-order valence-electron chi connectivity index (χ3n) is 4.13. The monoisotopic (exact) mass is 408 g/mol. The number of carbonyl (C=O) groups is 1. The fourth-order valence-corrected chi connectivity index (χ4v) is 3.49. The normalized spacial score (nSPS) is 16.3. The molecule has 0 saturated heterocycles. The summed E-state index contributed by atoms with van der Waals surface area (Å²) in [5, 5.41) is 9.55. The van der Waals surface area contributed by atoms with Gasteiger partial charge < -0.3 is 16.0 Å². The Morgan fingerprint density at radius 3 is 2.48 bits per heavy atom. The van der Waals surface area contributed by atoms with E-state index in [1.165, 1.54) is 5.56 Å². The molecule has 1 saturated carbocycles. The Balaban J connectivity index is 1.97. The Hall–Kier alpha value is -1.56. The van der Waals surface area contributed by atoms with Crippen molar-refractivity contribution in [3.8, 4) is 0 Å². The maximum atomic E-state index is 12.0. The van der Waals surface area contributed by atoms with Crippen molar-refractivity contribution in [1.82, 2.24) is 16.0 Å². The lowest BCUT2D eigenvalue weighted by Crippen LogP contribution is -2.44. The van der Waals surface area contributed by atoms with Gasteiger partial charge in [0.05, 0.1) is 0 Å². The predicted molar refractivity (Wildman–Crippen MR) is 107 cm³/mol. The Labute approximate surface area is 159 Å². The van der Waals surface area contributed by atoms with E-state index in [1.54, 1.807) is 0 Å². The number of aliphatic imine (C=N–C) groups is 1. The number of guanidine groups is 1. The summed E-state index contributed by atoms with van der Waals surface area (Å²) in [5.74, 6) is 0.613. The summed E-state index contributed by atoms with van der Waals surface area (Å²) in [5.41, 5.74) is 1.25. The Morgan fingerprint density at radius 1 is 1.24 bits per heavy atom. The fraction of sp³-hybridized carbons (Fsp3) is 0.579. The first kappa shape index (κ1) is 19.8. The molecule has 6 heteroatoms. The Kier molecular flexibility index (Phi) is 6.49. The summed E-state index contributed by atoms with van der Waals surface area (Å²) in [7, 11) is 0. The van der Waals surface area contributed by atoms with E-state index in [1.807, 2.05) is 33.8 Å². The zero-order valence-corrected chi connectivity index (χ0v) is 17.2. The van der Waals surface area contributed by atoms with E-state index in [-0.39, 0.29) is 23.4 Å². The van der Waals surface area contributed by atoms with Crippen molar-refractivity contribution in [1.29, 1.82) is 0 Å². The van der Waals surface area contributed by atoms with Gasteiger partial charge in [-0.05, 0) is 52.2 Å². The van der Waals surface area contributed by atoms with Crippen molar-refractivity contribution in [2.24, 2.45) is 4.99 Å². The van der Waals surface area contributed by atoms with E-state index in [0.29, 0.717) is 5.96 Å². The Bertz CT molecular complexity index is 633. The zero-order chi connectivity index (χ0) is 18.5. The van der Waals surface area contributed by atoms with Crippen LogP contribution in [0.25, 0.3) is 0 Å². The second-order valence-corrected chi connectivity index (χ2v) is 8.46. The molecular formula is C19H29BrN4O. The van der Waals surface area contributed by atoms with Gasteiger partial charge in [-0.3, -0.25) is 4.79 Å². The number of amides is 1. The molecule has 0 aliphatic heterocycles. The van der Waals surface area contributed by atoms with Crippen molar-refractivity contribution < 1.29 is 4.79 Å². The quantitative estimate of drug-likeness (QED) is 0.500. The zero-order valence-electron chi connectivity index (χ0n) is 15.6. The standard InChI is InChI=1S/C19H29BrN4O/c1-5-21-17(22-12-16(25)24-18(2,3)4)23-13-19(10-11-19)14-8-6-7-9-15(14)20/h6-9H,5,10-13H2,1-4H3,(H,24,25)(H2,21,22,23). The molecule has 2 rings (SSSR count). The highest BCUT2D eigenvalue weighted by Gasteiger charge is 2.45. The van der Waals surface area contributed by atoms with Gasteiger partial charge in [0.1, 0.15) is 6.54 Å². The van der Waals surface area contributed by atoms with Crippen LogP contribution in [0.15, 0.2) is 33.7 Å². The smallest absolute Gasteiger partial charge is 0.242 e. The van der Waals surface area contributed by atoms with Gasteiger partial charge in [-0.25, -0.2) is 4.99 Å². The van der Waals surface area contributed by atoms with Gasteiger partial charge in [0.25, 0.3) is 0 Å². The van der Waals surface area contributed by atoms with E-state index in [0.717, 1.165) is 30.4 Å². The maximum Gasteiger partial charge on any atom is 0.242 e. The summed E-state index contributed by atoms with van der Waals surface area (Å²) in [6.07, 6.45) is 2.32. The van der Waals surface area contributed by atoms with Gasteiger partial charge >= 0.3 is 0 Å². The fourth-order valence-electron chi connectivity index (χ4n) is 2.79. The minimum absolute atomic E-state index is 0.0726. The molecular weight excluding hydrogens is 380 g/mol. The molecule has 25 heavy (non-hydrogen) atoms. The van der Waals surface area contributed by atoms with Crippen LogP contribution in [-0.4, -0.2) is 37.0 Å². The molecule has 0 atom stereocenters. The van der Waals surface area contributed by atoms with Gasteiger partial charge in [-0.15, -0.1) is 0 Å². The van der Waals surface area contributed by atoms with Crippen LogP contribution in [0.2, 0.25) is 0 Å². The molecule has 1 aromatic rings. The lowest BCUT2D eigenvalue weighted by molar-refractivity contribution is -0.121. The van der Waals surface area contributed by atoms with Crippen molar-refractivity contribution in [2.75, 3.05) is 19.6 Å². The lowest BCUT2D eigenvalue weighted by atomic mass is 9.96. The molecule has 0 spiro atoms. The van der Waals surface area contributed by atoms with Crippen LogP contribution in [0, 0.1) is 0 Å². The van der Waals surface area contributed by atoms with E-state index in [9.17, 15) is 4.79 Å². The number of carbonyl (C=O) groups excluding carboxylic acids is 1. The van der Waals surface area contributed by atoms with Crippen LogP contribution in [0.1, 0.15) is 46.1 Å². The maximum absolute atomic E-state index is 12.0. The van der Waals surface area contributed by atoms with Crippen molar-refractivity contribution in [3.63, 3.8) is 0 Å². The molecule has 1 aliphatic rings. The SMILES string of the molecule is CCNC(=NCC(=O)NC(C)(C)C)NCC1(c2ccccc2Br)CC1. The first-order chi connectivity index (χ1) is 11.8. The first-order valence-electron chi connectivity index (χ1n) is 8.84. The average Bonchev–Trinajstić information content (AvgIpc) is 3.30. The molecule has 1 aliphatic carbocycles. The largest absolute Gasteiger partial charge is 0.357 e. The van der Waals surface area contributed by atoms with Crippen LogP contribution in [0.4, 0.5) is 0 Å². The van der Waals surface area contributed by atoms with Gasteiger partial charge in [0, 0.05) is 28.5 Å². The molecule has 0 unspecified atom stereocenters. The van der Waals surface area contributed by atoms with Crippen LogP contribution < -0.4 is 16.0 Å². The van der Waals surface area contributed by atoms with Crippen molar-refractivity contribution >= 4 is 27.8 Å². The number of hydrogen-bond acceptors (Lipinski definition) is 2. The van der Waals surface area contributed by atoms with Crippen LogP contribution in [-0.2, 0) is 10.2 Å². The van der Waals surface area contributed by atoms with Crippen molar-refractivity contribution in [3.05, 3.63) is 34.3 Å². The summed E-state index contributed by atoms with van der Waals surface area (Å²) in [6.45, 7) is 9.60. The number of nitrogens with one attached hydrogen (secondary N) is 3. The topological polar surface area (TPSA) is 65.5 Å². The minimum atomic E-state index is -0.240. The molecule has 5 nitrogen and oxygen atoms in total. The minimum Gasteiger partial charge on any atom is -0.357 e. The predicted octanol–water partition coefficient (Wildman–Crippen LogP) is 2.95. The summed E-state index contributed by atoms with van der Waals surface area (Å²) in [4.78, 5) is 16.4. The van der Waals surface area contributed by atoms with E-state index < -0.39 is 0 Å². The first-order valence-corrected chi connectivity index (χ1v) is 9.63. The van der Waals surface area contributed by atoms with Crippen LogP contribution >= 0.6 is 15.9 Å². The lowest BCUT2D eigenvalue weighted by Gasteiger charge is -2.21. The highest BCUT2D eigenvalue weighted by molar-refractivity contribution is 9.10. The van der Waals surface area contributed by atoms with Crippen molar-refractivity contribution in [2.45, 2.75) is 51.5 Å². The molecule has 0 radical (unpaired) electrons. The number of rotatable bonds is 6. The van der Waals surface area contributed by atoms with E-state index in [4.69, 9.17) is 0 Å². The van der Waals surface area contributed by atoms with Crippen LogP contribution in [0.5, 0.6) is 0 Å². The highest BCUT2D eigenvalue weighted by Crippen LogP contribution is 2.49. The highest BCUT2D eigenvalue weighted by atomic mass is 79.9. The molecule has 1 fully saturated rings. The molecule has 0 bridgehead atoms. The average molecular weight is 409 g/mol. The number of benzene rings is 1. The summed E-state index contributed by atoms with van der Waals surface area (Å²) in [6, 6.07) is 8.39. The second kappa shape index (κ2) is 8.21. The van der Waals surface area contributed by atoms with Gasteiger partial charge in [0.15, 0.2) is 5.96 Å². The third-order valence-corrected chi connectivity index (χ3v) is 4.82. The van der Waals surface area contributed by atoms with E-state index in [2.05, 4.69) is 55.1 Å². The molecule has 3 N–H and O–H groups in total. The molecule has 0 aromatic heterocycles. The van der Waals surface area contributed by atoms with E-state index >= 15 is 0 Å². The van der Waals surface area contributed by atoms with Gasteiger partial charge in [-0.2, -0.15) is 0 Å². The second-order valence-electron chi connectivity index (χ2n) is 7.61. The summed E-state index contributed by atoms with van der Waals surface area (Å²) >= 11 is 3.66. The molecule has 0 heterocycles. The molecule has 1 amide bonds. The molecule has 138 valence electrons. The Morgan fingerprint density at radius 2 is 1.92 bits per heavy atom. The van der Waals surface area contributed by atoms with Crippen LogP contribution in [0.3, 0.4) is 0 Å².